The van der Waals surface area contributed by atoms with E-state index in [1.807, 2.05) is 0 Å². The average Bonchev–Trinajstić information content (AvgIpc) is 2.31. The van der Waals surface area contributed by atoms with Crippen molar-refractivity contribution >= 4 is 33.5 Å². The Kier molecular flexibility index (Phi) is 10.0. The van der Waals surface area contributed by atoms with Crippen molar-refractivity contribution in [1.29, 1.82) is 0 Å². The van der Waals surface area contributed by atoms with Gasteiger partial charge in [0.1, 0.15) is 0 Å². The van der Waals surface area contributed by atoms with E-state index in [9.17, 15) is 9.59 Å². The van der Waals surface area contributed by atoms with Gasteiger partial charge >= 0.3 is 11.9 Å². The van der Waals surface area contributed by atoms with E-state index in [-0.39, 0.29) is 11.9 Å². The van der Waals surface area contributed by atoms with Crippen LogP contribution in [0, 0.1) is 0 Å². The molecule has 0 radical (unpaired) electrons. The predicted octanol–water partition coefficient (Wildman–Crippen LogP) is 1.83. The summed E-state index contributed by atoms with van der Waals surface area (Å²) in [6, 6.07) is 0. The highest BCUT2D eigenvalue weighted by molar-refractivity contribution is 8.76. The van der Waals surface area contributed by atoms with Crippen LogP contribution < -0.4 is 0 Å². The van der Waals surface area contributed by atoms with Crippen LogP contribution in [0.5, 0.6) is 0 Å². The summed E-state index contributed by atoms with van der Waals surface area (Å²) in [6.45, 7) is 0. The van der Waals surface area contributed by atoms with Gasteiger partial charge in [-0.3, -0.25) is 0 Å². The molecular weight excluding hydrogens is 248 g/mol. The number of methoxy groups -OCH3 is 2. The largest absolute Gasteiger partial charge is 0.466 e. The van der Waals surface area contributed by atoms with Crippen molar-refractivity contribution in [3.63, 3.8) is 0 Å². The summed E-state index contributed by atoms with van der Waals surface area (Å²) in [6.07, 6.45) is 6.23. The summed E-state index contributed by atoms with van der Waals surface area (Å²) in [5, 5.41) is 0. The van der Waals surface area contributed by atoms with Crippen LogP contribution in [0.15, 0.2) is 24.3 Å². The summed E-state index contributed by atoms with van der Waals surface area (Å²) >= 11 is 0. The lowest BCUT2D eigenvalue weighted by atomic mass is 10.5. The number of ether oxygens (including phenoxy) is 2. The van der Waals surface area contributed by atoms with Crippen molar-refractivity contribution in [1.82, 2.24) is 0 Å². The van der Waals surface area contributed by atoms with Gasteiger partial charge in [0.25, 0.3) is 0 Å². The van der Waals surface area contributed by atoms with E-state index in [0.717, 1.165) is 0 Å². The summed E-state index contributed by atoms with van der Waals surface area (Å²) in [5.74, 6) is 0.727. The van der Waals surface area contributed by atoms with Gasteiger partial charge < -0.3 is 9.47 Å². The fraction of sp³-hybridized carbons (Fsp3) is 0.400. The van der Waals surface area contributed by atoms with Gasteiger partial charge in [-0.15, -0.1) is 0 Å². The van der Waals surface area contributed by atoms with E-state index in [4.69, 9.17) is 0 Å². The minimum atomic E-state index is -0.351. The normalized spacial score (nSPS) is 10.9. The van der Waals surface area contributed by atoms with Crippen molar-refractivity contribution in [2.75, 3.05) is 25.7 Å². The molecule has 0 aliphatic rings. The van der Waals surface area contributed by atoms with Crippen LogP contribution in [0.2, 0.25) is 0 Å². The highest BCUT2D eigenvalue weighted by atomic mass is 33.1. The molecule has 6 heteroatoms. The van der Waals surface area contributed by atoms with Crippen LogP contribution in [0.25, 0.3) is 0 Å². The van der Waals surface area contributed by atoms with Crippen molar-refractivity contribution in [3.05, 3.63) is 24.3 Å². The zero-order chi connectivity index (χ0) is 12.2. The third-order valence-electron chi connectivity index (χ3n) is 1.32. The zero-order valence-electron chi connectivity index (χ0n) is 9.17. The molecular formula is C10H14O4S2. The van der Waals surface area contributed by atoms with Crippen molar-refractivity contribution < 1.29 is 19.1 Å². The molecule has 0 aromatic rings. The molecule has 0 saturated heterocycles. The van der Waals surface area contributed by atoms with E-state index in [0.29, 0.717) is 11.5 Å². The first-order valence-corrected chi connectivity index (χ1v) is 6.93. The number of esters is 2. The van der Waals surface area contributed by atoms with Gasteiger partial charge in [0.2, 0.25) is 0 Å². The monoisotopic (exact) mass is 262 g/mol. The molecule has 0 aromatic carbocycles. The summed E-state index contributed by atoms with van der Waals surface area (Å²) in [5.41, 5.74) is 0. The fourth-order valence-corrected chi connectivity index (χ4v) is 2.19. The second-order valence-corrected chi connectivity index (χ2v) is 4.97. The summed E-state index contributed by atoms with van der Waals surface area (Å²) < 4.78 is 8.86. The maximum atomic E-state index is 10.7. The van der Waals surface area contributed by atoms with Crippen LogP contribution in [0.3, 0.4) is 0 Å². The standard InChI is InChI=1S/C10H14O4S2/c1-13-9(11)5-3-7-15-16-8-4-6-10(12)14-2/h3-6H,7-8H2,1-2H3. The Morgan fingerprint density at radius 1 is 0.938 bits per heavy atom. The second kappa shape index (κ2) is 10.6. The van der Waals surface area contributed by atoms with Crippen LogP contribution in [-0.2, 0) is 19.1 Å². The maximum Gasteiger partial charge on any atom is 0.330 e. The first kappa shape index (κ1) is 15.1. The second-order valence-electron chi connectivity index (χ2n) is 2.42. The molecule has 0 rings (SSSR count). The van der Waals surface area contributed by atoms with Gasteiger partial charge in [-0.1, -0.05) is 33.7 Å². The van der Waals surface area contributed by atoms with Gasteiger partial charge in [-0.05, 0) is 0 Å². The van der Waals surface area contributed by atoms with Crippen molar-refractivity contribution in [2.45, 2.75) is 0 Å². The van der Waals surface area contributed by atoms with E-state index in [1.165, 1.54) is 26.4 Å². The van der Waals surface area contributed by atoms with Gasteiger partial charge in [-0.25, -0.2) is 9.59 Å². The molecule has 0 amide bonds. The summed E-state index contributed by atoms with van der Waals surface area (Å²) in [4.78, 5) is 21.3. The highest BCUT2D eigenvalue weighted by Gasteiger charge is 1.91. The van der Waals surface area contributed by atoms with Crippen LogP contribution >= 0.6 is 21.6 Å². The Hall–Kier alpha value is -0.880. The molecule has 90 valence electrons. The minimum Gasteiger partial charge on any atom is -0.466 e. The van der Waals surface area contributed by atoms with Gasteiger partial charge in [0.15, 0.2) is 0 Å². The maximum absolute atomic E-state index is 10.7. The molecule has 0 atom stereocenters. The molecule has 0 unspecified atom stereocenters. The molecule has 4 nitrogen and oxygen atoms in total. The number of rotatable bonds is 7. The zero-order valence-corrected chi connectivity index (χ0v) is 10.8. The van der Waals surface area contributed by atoms with E-state index in [2.05, 4.69) is 9.47 Å². The molecule has 0 bridgehead atoms. The molecule has 16 heavy (non-hydrogen) atoms. The number of hydrogen-bond acceptors (Lipinski definition) is 6. The minimum absolute atomic E-state index is 0.351. The lowest BCUT2D eigenvalue weighted by Crippen LogP contribution is -1.93. The van der Waals surface area contributed by atoms with Crippen LogP contribution in [-0.4, -0.2) is 37.7 Å². The summed E-state index contributed by atoms with van der Waals surface area (Å²) in [7, 11) is 5.85. The Labute approximate surface area is 103 Å². The quantitative estimate of drug-likeness (QED) is 0.302. The predicted molar refractivity (Wildman–Crippen MR) is 67.2 cm³/mol. The topological polar surface area (TPSA) is 52.6 Å². The third kappa shape index (κ3) is 9.67. The van der Waals surface area contributed by atoms with Crippen LogP contribution in [0.4, 0.5) is 0 Å². The molecule has 0 heterocycles. The number of carbonyl (C=O) groups excluding carboxylic acids is 2. The van der Waals surface area contributed by atoms with Gasteiger partial charge in [-0.2, -0.15) is 0 Å². The Balaban J connectivity index is 3.41. The van der Waals surface area contributed by atoms with Crippen molar-refractivity contribution in [2.24, 2.45) is 0 Å². The molecule has 0 saturated carbocycles. The molecule has 0 fully saturated rings. The SMILES string of the molecule is COC(=O)C=CCSSCC=CC(=O)OC. The third-order valence-corrected chi connectivity index (χ3v) is 3.46. The highest BCUT2D eigenvalue weighted by Crippen LogP contribution is 2.20. The number of carbonyl (C=O) groups is 2. The van der Waals surface area contributed by atoms with E-state index in [1.54, 1.807) is 33.7 Å². The van der Waals surface area contributed by atoms with Gasteiger partial charge in [0, 0.05) is 23.7 Å². The molecule has 0 aliphatic carbocycles. The first-order chi connectivity index (χ1) is 7.70. The van der Waals surface area contributed by atoms with Crippen LogP contribution in [0.1, 0.15) is 0 Å². The smallest absolute Gasteiger partial charge is 0.330 e. The fourth-order valence-electron chi connectivity index (χ4n) is 0.600. The molecule has 0 spiro atoms. The average molecular weight is 262 g/mol. The Bertz CT molecular complexity index is 246. The van der Waals surface area contributed by atoms with E-state index >= 15 is 0 Å². The molecule has 0 N–H and O–H groups in total. The molecule has 0 aliphatic heterocycles. The molecule has 0 aromatic heterocycles. The van der Waals surface area contributed by atoms with Crippen molar-refractivity contribution in [3.8, 4) is 0 Å². The Morgan fingerprint density at radius 2 is 1.31 bits per heavy atom. The van der Waals surface area contributed by atoms with E-state index < -0.39 is 0 Å². The Morgan fingerprint density at radius 3 is 1.62 bits per heavy atom. The van der Waals surface area contributed by atoms with Gasteiger partial charge in [0.05, 0.1) is 14.2 Å². The number of hydrogen-bond donors (Lipinski definition) is 0. The lowest BCUT2D eigenvalue weighted by molar-refractivity contribution is -0.135. The first-order valence-electron chi connectivity index (χ1n) is 4.44. The lowest BCUT2D eigenvalue weighted by Gasteiger charge is -1.93.